The number of alkyl halides is 3. The Morgan fingerprint density at radius 3 is 2.25 bits per heavy atom. The van der Waals surface area contributed by atoms with E-state index < -0.39 is 11.7 Å². The molecule has 0 aliphatic rings. The number of amides is 1. The lowest BCUT2D eigenvalue weighted by Crippen LogP contribution is -2.29. The molecule has 1 heterocycles. The summed E-state index contributed by atoms with van der Waals surface area (Å²) in [6.07, 6.45) is -4.27. The standard InChI is InChI=1S/C20H20F3N3O2/c1-24(13-14-7-9-15(10-8-14)20(21,22)23)18(27)11-12-26-17-6-4-3-5-16(17)25(2)19(26)28/h3-10H,11-13H2,1-2H3. The summed E-state index contributed by atoms with van der Waals surface area (Å²) in [4.78, 5) is 26.3. The Morgan fingerprint density at radius 2 is 1.64 bits per heavy atom. The van der Waals surface area contributed by atoms with Gasteiger partial charge >= 0.3 is 11.9 Å². The van der Waals surface area contributed by atoms with Crippen LogP contribution >= 0.6 is 0 Å². The zero-order valence-electron chi connectivity index (χ0n) is 15.5. The number of para-hydroxylation sites is 2. The fourth-order valence-corrected chi connectivity index (χ4v) is 3.14. The third-order valence-electron chi connectivity index (χ3n) is 4.73. The number of rotatable bonds is 5. The van der Waals surface area contributed by atoms with E-state index in [1.165, 1.54) is 21.6 Å². The molecule has 0 bridgehead atoms. The van der Waals surface area contributed by atoms with Crippen molar-refractivity contribution in [2.24, 2.45) is 7.05 Å². The number of halogens is 3. The summed E-state index contributed by atoms with van der Waals surface area (Å²) >= 11 is 0. The smallest absolute Gasteiger partial charge is 0.341 e. The van der Waals surface area contributed by atoms with Crippen molar-refractivity contribution in [1.82, 2.24) is 14.0 Å². The van der Waals surface area contributed by atoms with E-state index >= 15 is 0 Å². The number of hydrogen-bond acceptors (Lipinski definition) is 2. The Balaban J connectivity index is 1.66. The van der Waals surface area contributed by atoms with E-state index in [1.54, 1.807) is 18.7 Å². The third kappa shape index (κ3) is 3.95. The molecule has 2 aromatic carbocycles. The van der Waals surface area contributed by atoms with E-state index in [1.807, 2.05) is 24.3 Å². The summed E-state index contributed by atoms with van der Waals surface area (Å²) in [6, 6.07) is 12.1. The van der Waals surface area contributed by atoms with Gasteiger partial charge in [0.15, 0.2) is 0 Å². The molecule has 0 saturated carbocycles. The van der Waals surface area contributed by atoms with Crippen molar-refractivity contribution in [2.45, 2.75) is 25.7 Å². The summed E-state index contributed by atoms with van der Waals surface area (Å²) < 4.78 is 41.0. The van der Waals surface area contributed by atoms with Crippen LogP contribution in [0.2, 0.25) is 0 Å². The van der Waals surface area contributed by atoms with Crippen LogP contribution in [-0.2, 0) is 31.1 Å². The Labute approximate surface area is 159 Å². The van der Waals surface area contributed by atoms with Crippen LogP contribution in [0.1, 0.15) is 17.5 Å². The van der Waals surface area contributed by atoms with Crippen LogP contribution in [0, 0.1) is 0 Å². The molecular formula is C20H20F3N3O2. The molecule has 148 valence electrons. The maximum Gasteiger partial charge on any atom is 0.416 e. The Hall–Kier alpha value is -3.03. The van der Waals surface area contributed by atoms with Crippen molar-refractivity contribution in [3.63, 3.8) is 0 Å². The lowest BCUT2D eigenvalue weighted by Gasteiger charge is -2.18. The second-order valence-corrected chi connectivity index (χ2v) is 6.68. The summed E-state index contributed by atoms with van der Waals surface area (Å²) in [7, 11) is 3.27. The van der Waals surface area contributed by atoms with Gasteiger partial charge in [-0.15, -0.1) is 0 Å². The molecule has 1 aromatic heterocycles. The lowest BCUT2D eigenvalue weighted by atomic mass is 10.1. The van der Waals surface area contributed by atoms with Crippen LogP contribution in [0.3, 0.4) is 0 Å². The number of benzene rings is 2. The number of hydrogen-bond donors (Lipinski definition) is 0. The van der Waals surface area contributed by atoms with Gasteiger partial charge < -0.3 is 4.90 Å². The van der Waals surface area contributed by atoms with Crippen LogP contribution < -0.4 is 5.69 Å². The molecule has 1 amide bonds. The Bertz CT molecular complexity index is 1050. The topological polar surface area (TPSA) is 47.2 Å². The van der Waals surface area contributed by atoms with Crippen molar-refractivity contribution in [2.75, 3.05) is 7.05 Å². The Kier molecular flexibility index (Phi) is 5.31. The van der Waals surface area contributed by atoms with Gasteiger partial charge in [-0.2, -0.15) is 13.2 Å². The van der Waals surface area contributed by atoms with Crippen LogP contribution in [-0.4, -0.2) is 27.0 Å². The highest BCUT2D eigenvalue weighted by Gasteiger charge is 2.30. The zero-order valence-corrected chi connectivity index (χ0v) is 15.5. The minimum Gasteiger partial charge on any atom is -0.341 e. The van der Waals surface area contributed by atoms with Gasteiger partial charge in [0.1, 0.15) is 0 Å². The predicted octanol–water partition coefficient (Wildman–Crippen LogP) is 3.41. The highest BCUT2D eigenvalue weighted by molar-refractivity contribution is 5.77. The van der Waals surface area contributed by atoms with Gasteiger partial charge in [-0.1, -0.05) is 24.3 Å². The minimum atomic E-state index is -4.38. The van der Waals surface area contributed by atoms with Crippen molar-refractivity contribution in [3.8, 4) is 0 Å². The molecule has 0 spiro atoms. The van der Waals surface area contributed by atoms with E-state index in [2.05, 4.69) is 0 Å². The molecule has 0 unspecified atom stereocenters. The lowest BCUT2D eigenvalue weighted by molar-refractivity contribution is -0.137. The number of aromatic nitrogens is 2. The first-order valence-electron chi connectivity index (χ1n) is 8.73. The van der Waals surface area contributed by atoms with Gasteiger partial charge in [-0.25, -0.2) is 4.79 Å². The maximum absolute atomic E-state index is 12.6. The molecule has 0 aliphatic heterocycles. The fraction of sp³-hybridized carbons (Fsp3) is 0.300. The van der Waals surface area contributed by atoms with Crippen molar-refractivity contribution < 1.29 is 18.0 Å². The van der Waals surface area contributed by atoms with Gasteiger partial charge in [0.05, 0.1) is 16.6 Å². The van der Waals surface area contributed by atoms with Crippen LogP contribution in [0.15, 0.2) is 53.3 Å². The van der Waals surface area contributed by atoms with Gasteiger partial charge in [-0.3, -0.25) is 13.9 Å². The van der Waals surface area contributed by atoms with Gasteiger partial charge in [0.25, 0.3) is 0 Å². The highest BCUT2D eigenvalue weighted by atomic mass is 19.4. The highest BCUT2D eigenvalue weighted by Crippen LogP contribution is 2.29. The number of carbonyl (C=O) groups is 1. The van der Waals surface area contributed by atoms with E-state index in [4.69, 9.17) is 0 Å². The predicted molar refractivity (Wildman–Crippen MR) is 99.7 cm³/mol. The Morgan fingerprint density at radius 1 is 1.04 bits per heavy atom. The molecule has 0 saturated heterocycles. The van der Waals surface area contributed by atoms with Gasteiger partial charge in [0.2, 0.25) is 5.91 Å². The summed E-state index contributed by atoms with van der Waals surface area (Å²) in [5.41, 5.74) is 1.23. The molecule has 0 radical (unpaired) electrons. The first-order valence-corrected chi connectivity index (χ1v) is 8.73. The molecule has 5 nitrogen and oxygen atoms in total. The molecule has 0 aliphatic carbocycles. The fourth-order valence-electron chi connectivity index (χ4n) is 3.14. The summed E-state index contributed by atoms with van der Waals surface area (Å²) in [6.45, 7) is 0.428. The summed E-state index contributed by atoms with van der Waals surface area (Å²) in [5.74, 6) is -0.195. The van der Waals surface area contributed by atoms with Crippen LogP contribution in [0.25, 0.3) is 11.0 Å². The van der Waals surface area contributed by atoms with Crippen molar-refractivity contribution >= 4 is 16.9 Å². The first-order chi connectivity index (χ1) is 13.2. The van der Waals surface area contributed by atoms with Gasteiger partial charge in [0, 0.05) is 33.6 Å². The molecule has 8 heteroatoms. The number of nitrogens with zero attached hydrogens (tertiary/aromatic N) is 3. The molecule has 0 N–H and O–H groups in total. The van der Waals surface area contributed by atoms with Crippen LogP contribution in [0.5, 0.6) is 0 Å². The van der Waals surface area contributed by atoms with E-state index in [9.17, 15) is 22.8 Å². The number of carbonyl (C=O) groups excluding carboxylic acids is 1. The quantitative estimate of drug-likeness (QED) is 0.669. The molecule has 0 atom stereocenters. The monoisotopic (exact) mass is 391 g/mol. The number of fused-ring (bicyclic) bond motifs is 1. The second kappa shape index (κ2) is 7.53. The van der Waals surface area contributed by atoms with Crippen molar-refractivity contribution in [1.29, 1.82) is 0 Å². The molecule has 3 rings (SSSR count). The van der Waals surface area contributed by atoms with E-state index in [-0.39, 0.29) is 31.1 Å². The van der Waals surface area contributed by atoms with E-state index in [0.29, 0.717) is 5.56 Å². The minimum absolute atomic E-state index is 0.116. The largest absolute Gasteiger partial charge is 0.416 e. The third-order valence-corrected chi connectivity index (χ3v) is 4.73. The number of imidazole rings is 1. The molecular weight excluding hydrogens is 371 g/mol. The SMILES string of the molecule is CN(Cc1ccc(C(F)(F)F)cc1)C(=O)CCn1c(=O)n(C)c2ccccc21. The molecule has 3 aromatic rings. The average molecular weight is 391 g/mol. The normalized spacial score (nSPS) is 11.8. The van der Waals surface area contributed by atoms with E-state index in [0.717, 1.165) is 23.2 Å². The average Bonchev–Trinajstić information content (AvgIpc) is 2.90. The first kappa shape index (κ1) is 19.7. The number of aryl methyl sites for hydroxylation is 2. The molecule has 28 heavy (non-hydrogen) atoms. The zero-order chi connectivity index (χ0) is 20.5. The summed E-state index contributed by atoms with van der Waals surface area (Å²) in [5, 5.41) is 0. The van der Waals surface area contributed by atoms with Gasteiger partial charge in [-0.05, 0) is 29.8 Å². The maximum atomic E-state index is 12.6. The van der Waals surface area contributed by atoms with Crippen molar-refractivity contribution in [3.05, 3.63) is 70.1 Å². The molecule has 0 fully saturated rings. The van der Waals surface area contributed by atoms with Crippen LogP contribution in [0.4, 0.5) is 13.2 Å². The second-order valence-electron chi connectivity index (χ2n) is 6.68.